The van der Waals surface area contributed by atoms with E-state index in [1.807, 2.05) is 13.8 Å². The molecule has 0 fully saturated rings. The van der Waals surface area contributed by atoms with Gasteiger partial charge in [0.1, 0.15) is 6.54 Å². The van der Waals surface area contributed by atoms with Gasteiger partial charge in [0.25, 0.3) is 5.91 Å². The molecule has 21 heavy (non-hydrogen) atoms. The second kappa shape index (κ2) is 7.98. The molecule has 1 rings (SSSR count). The summed E-state index contributed by atoms with van der Waals surface area (Å²) < 4.78 is 4.91. The molecule has 0 aromatic carbocycles. The van der Waals surface area contributed by atoms with Crippen LogP contribution in [0, 0.1) is 12.8 Å². The fraction of sp³-hybridized carbons (Fsp3) is 0.533. The van der Waals surface area contributed by atoms with Gasteiger partial charge in [0.2, 0.25) is 0 Å². The molecule has 116 valence electrons. The third kappa shape index (κ3) is 5.34. The number of rotatable bonds is 6. The Balaban J connectivity index is 2.95. The molecular weight excluding hydrogens is 292 g/mol. The highest BCUT2D eigenvalue weighted by molar-refractivity contribution is 6.33. The number of hydrogen-bond donors (Lipinski definition) is 0. The van der Waals surface area contributed by atoms with Crippen molar-refractivity contribution >= 4 is 23.5 Å². The highest BCUT2D eigenvalue weighted by Crippen LogP contribution is 2.18. The average Bonchev–Trinajstić information content (AvgIpc) is 2.37. The Bertz CT molecular complexity index is 518. The molecule has 1 amide bonds. The van der Waals surface area contributed by atoms with Crippen LogP contribution in [0.15, 0.2) is 12.3 Å². The molecule has 0 aliphatic heterocycles. The number of aryl methyl sites for hydroxylation is 1. The minimum absolute atomic E-state index is 0.0882. The maximum absolute atomic E-state index is 12.5. The molecule has 1 aromatic rings. The standard InChI is InChI=1S/C15H21ClN2O3/c1-5-21-14(19)9-18(8-10(2)3)15(20)12-7-17-11(4)6-13(12)16/h6-7,10H,5,8-9H2,1-4H3. The van der Waals surface area contributed by atoms with Gasteiger partial charge in [0, 0.05) is 18.4 Å². The quantitative estimate of drug-likeness (QED) is 0.758. The van der Waals surface area contributed by atoms with Crippen molar-refractivity contribution in [2.24, 2.45) is 5.92 Å². The summed E-state index contributed by atoms with van der Waals surface area (Å²) in [6, 6.07) is 1.63. The lowest BCUT2D eigenvalue weighted by Crippen LogP contribution is -2.39. The van der Waals surface area contributed by atoms with Crippen LogP contribution in [-0.4, -0.2) is 41.5 Å². The molecule has 0 unspecified atom stereocenters. The second-order valence-electron chi connectivity index (χ2n) is 5.19. The molecule has 1 heterocycles. The Morgan fingerprint density at radius 2 is 2.10 bits per heavy atom. The van der Waals surface area contributed by atoms with Crippen LogP contribution in [0.25, 0.3) is 0 Å². The fourth-order valence-corrected chi connectivity index (χ4v) is 2.16. The van der Waals surface area contributed by atoms with Gasteiger partial charge in [0.15, 0.2) is 0 Å². The predicted octanol–water partition coefficient (Wildman–Crippen LogP) is 2.70. The molecule has 0 atom stereocenters. The molecule has 5 nitrogen and oxygen atoms in total. The number of carbonyl (C=O) groups is 2. The summed E-state index contributed by atoms with van der Waals surface area (Å²) in [5.41, 5.74) is 1.03. The lowest BCUT2D eigenvalue weighted by Gasteiger charge is -2.24. The SMILES string of the molecule is CCOC(=O)CN(CC(C)C)C(=O)c1cnc(C)cc1Cl. The van der Waals surface area contributed by atoms with Crippen molar-refractivity contribution in [3.8, 4) is 0 Å². The Labute approximate surface area is 130 Å². The van der Waals surface area contributed by atoms with Crippen molar-refractivity contribution in [2.75, 3.05) is 19.7 Å². The number of halogens is 1. The maximum Gasteiger partial charge on any atom is 0.325 e. The normalized spacial score (nSPS) is 10.6. The first kappa shape index (κ1) is 17.4. The number of pyridine rings is 1. The minimum atomic E-state index is -0.428. The van der Waals surface area contributed by atoms with Crippen LogP contribution in [0.3, 0.4) is 0 Å². The number of ether oxygens (including phenoxy) is 1. The van der Waals surface area contributed by atoms with Gasteiger partial charge >= 0.3 is 5.97 Å². The molecule has 0 spiro atoms. The van der Waals surface area contributed by atoms with Crippen molar-refractivity contribution in [3.05, 3.63) is 28.5 Å². The van der Waals surface area contributed by atoms with Gasteiger partial charge in [-0.2, -0.15) is 0 Å². The average molecular weight is 313 g/mol. The summed E-state index contributed by atoms with van der Waals surface area (Å²) in [6.07, 6.45) is 1.44. The molecule has 1 aromatic heterocycles. The van der Waals surface area contributed by atoms with Crippen LogP contribution in [0.1, 0.15) is 36.8 Å². The van der Waals surface area contributed by atoms with Gasteiger partial charge in [-0.15, -0.1) is 0 Å². The number of nitrogens with zero attached hydrogens (tertiary/aromatic N) is 2. The van der Waals surface area contributed by atoms with Crippen LogP contribution in [0.2, 0.25) is 5.02 Å². The summed E-state index contributed by atoms with van der Waals surface area (Å²) in [6.45, 7) is 8.12. The highest BCUT2D eigenvalue weighted by atomic mass is 35.5. The summed E-state index contributed by atoms with van der Waals surface area (Å²) >= 11 is 6.10. The van der Waals surface area contributed by atoms with Crippen LogP contribution in [0.4, 0.5) is 0 Å². The van der Waals surface area contributed by atoms with E-state index in [-0.39, 0.29) is 25.0 Å². The fourth-order valence-electron chi connectivity index (χ4n) is 1.88. The first-order valence-electron chi connectivity index (χ1n) is 6.92. The van der Waals surface area contributed by atoms with Gasteiger partial charge < -0.3 is 9.64 Å². The van der Waals surface area contributed by atoms with Crippen molar-refractivity contribution in [2.45, 2.75) is 27.7 Å². The van der Waals surface area contributed by atoms with E-state index in [1.54, 1.807) is 19.9 Å². The number of hydrogen-bond acceptors (Lipinski definition) is 4. The van der Waals surface area contributed by atoms with Crippen molar-refractivity contribution in [1.82, 2.24) is 9.88 Å². The first-order chi connectivity index (χ1) is 9.85. The smallest absolute Gasteiger partial charge is 0.325 e. The molecule has 0 saturated carbocycles. The lowest BCUT2D eigenvalue weighted by atomic mass is 10.1. The topological polar surface area (TPSA) is 59.5 Å². The third-order valence-corrected chi connectivity index (χ3v) is 3.03. The largest absolute Gasteiger partial charge is 0.465 e. The van der Waals surface area contributed by atoms with Crippen LogP contribution >= 0.6 is 11.6 Å². The minimum Gasteiger partial charge on any atom is -0.465 e. The van der Waals surface area contributed by atoms with E-state index in [2.05, 4.69) is 4.98 Å². The van der Waals surface area contributed by atoms with Gasteiger partial charge in [-0.25, -0.2) is 0 Å². The second-order valence-corrected chi connectivity index (χ2v) is 5.60. The zero-order chi connectivity index (χ0) is 16.0. The first-order valence-corrected chi connectivity index (χ1v) is 7.30. The number of amides is 1. The molecule has 0 N–H and O–H groups in total. The molecular formula is C15H21ClN2O3. The van der Waals surface area contributed by atoms with Gasteiger partial charge in [-0.1, -0.05) is 25.4 Å². The zero-order valence-corrected chi connectivity index (χ0v) is 13.6. The number of esters is 1. The van der Waals surface area contributed by atoms with Crippen LogP contribution in [-0.2, 0) is 9.53 Å². The number of aromatic nitrogens is 1. The van der Waals surface area contributed by atoms with E-state index in [9.17, 15) is 9.59 Å². The molecule has 0 radical (unpaired) electrons. The van der Waals surface area contributed by atoms with E-state index in [0.717, 1.165) is 5.69 Å². The monoisotopic (exact) mass is 312 g/mol. The summed E-state index contributed by atoms with van der Waals surface area (Å²) in [5.74, 6) is -0.516. The van der Waals surface area contributed by atoms with Gasteiger partial charge in [-0.05, 0) is 25.8 Å². The van der Waals surface area contributed by atoms with E-state index < -0.39 is 5.97 Å². The Hall–Kier alpha value is -1.62. The van der Waals surface area contributed by atoms with Gasteiger partial charge in [0.05, 0.1) is 17.2 Å². The van der Waals surface area contributed by atoms with Crippen LogP contribution in [0.5, 0.6) is 0 Å². The van der Waals surface area contributed by atoms with E-state index in [1.165, 1.54) is 11.1 Å². The summed E-state index contributed by atoms with van der Waals surface area (Å²) in [7, 11) is 0. The van der Waals surface area contributed by atoms with E-state index in [0.29, 0.717) is 17.1 Å². The Kier molecular flexibility index (Phi) is 6.62. The number of carbonyl (C=O) groups excluding carboxylic acids is 2. The Morgan fingerprint density at radius 1 is 1.43 bits per heavy atom. The van der Waals surface area contributed by atoms with Crippen molar-refractivity contribution < 1.29 is 14.3 Å². The molecule has 0 bridgehead atoms. The van der Waals surface area contributed by atoms with Crippen molar-refractivity contribution in [1.29, 1.82) is 0 Å². The molecule has 0 aliphatic rings. The summed E-state index contributed by atoms with van der Waals surface area (Å²) in [5, 5.41) is 0.338. The van der Waals surface area contributed by atoms with E-state index in [4.69, 9.17) is 16.3 Å². The Morgan fingerprint density at radius 3 is 2.62 bits per heavy atom. The maximum atomic E-state index is 12.5. The molecule has 0 saturated heterocycles. The zero-order valence-electron chi connectivity index (χ0n) is 12.9. The van der Waals surface area contributed by atoms with E-state index >= 15 is 0 Å². The lowest BCUT2D eigenvalue weighted by molar-refractivity contribution is -0.143. The third-order valence-electron chi connectivity index (χ3n) is 2.72. The highest BCUT2D eigenvalue weighted by Gasteiger charge is 2.22. The summed E-state index contributed by atoms with van der Waals surface area (Å²) in [4.78, 5) is 29.7. The van der Waals surface area contributed by atoms with Crippen molar-refractivity contribution in [3.63, 3.8) is 0 Å². The molecule has 0 aliphatic carbocycles. The molecule has 6 heteroatoms. The predicted molar refractivity (Wildman–Crippen MR) is 81.4 cm³/mol. The van der Waals surface area contributed by atoms with Gasteiger partial charge in [-0.3, -0.25) is 14.6 Å². The van der Waals surface area contributed by atoms with Crippen LogP contribution < -0.4 is 0 Å².